The molecule has 134 valence electrons. The first-order chi connectivity index (χ1) is 11.9. The molecule has 25 heavy (non-hydrogen) atoms. The zero-order valence-electron chi connectivity index (χ0n) is 13.9. The first kappa shape index (κ1) is 17.0. The average Bonchev–Trinajstić information content (AvgIpc) is 2.52. The van der Waals surface area contributed by atoms with Crippen LogP contribution in [0, 0.1) is 23.1 Å². The van der Waals surface area contributed by atoms with Gasteiger partial charge in [-0.15, -0.1) is 0 Å². The van der Waals surface area contributed by atoms with Crippen molar-refractivity contribution in [2.75, 3.05) is 11.9 Å². The number of amides is 1. The van der Waals surface area contributed by atoms with Crippen LogP contribution in [0.1, 0.15) is 38.5 Å². The van der Waals surface area contributed by atoms with Crippen LogP contribution >= 0.6 is 15.9 Å². The molecule has 1 aromatic carbocycles. The van der Waals surface area contributed by atoms with Crippen molar-refractivity contribution in [3.63, 3.8) is 0 Å². The van der Waals surface area contributed by atoms with Crippen molar-refractivity contribution in [3.05, 3.63) is 30.1 Å². The summed E-state index contributed by atoms with van der Waals surface area (Å²) in [5, 5.41) is 2.45. The lowest BCUT2D eigenvalue weighted by molar-refractivity contribution is -0.170. The minimum absolute atomic E-state index is 0.0610. The Balaban J connectivity index is 1.38. The molecule has 0 saturated heterocycles. The van der Waals surface area contributed by atoms with Crippen molar-refractivity contribution >= 4 is 33.5 Å². The molecule has 4 aliphatic rings. The van der Waals surface area contributed by atoms with E-state index in [1.54, 1.807) is 12.1 Å². The van der Waals surface area contributed by atoms with Gasteiger partial charge in [-0.05, 0) is 62.5 Å². The maximum atomic E-state index is 13.6. The second kappa shape index (κ2) is 6.08. The molecule has 4 saturated carbocycles. The van der Waals surface area contributed by atoms with Crippen LogP contribution in [-0.4, -0.2) is 22.8 Å². The number of halogens is 2. The molecule has 1 aromatic rings. The van der Waals surface area contributed by atoms with E-state index in [9.17, 15) is 14.0 Å². The van der Waals surface area contributed by atoms with Gasteiger partial charge in [0, 0.05) is 4.32 Å². The molecule has 0 heterocycles. The van der Waals surface area contributed by atoms with Gasteiger partial charge >= 0.3 is 5.97 Å². The molecule has 5 rings (SSSR count). The Morgan fingerprint density at radius 1 is 1.20 bits per heavy atom. The lowest BCUT2D eigenvalue weighted by Crippen LogP contribution is -2.56. The molecule has 0 aromatic heterocycles. The number of ether oxygens (including phenoxy) is 1. The van der Waals surface area contributed by atoms with Crippen molar-refractivity contribution in [2.24, 2.45) is 17.3 Å². The fraction of sp³-hybridized carbons (Fsp3) is 0.579. The molecule has 4 nitrogen and oxygen atoms in total. The van der Waals surface area contributed by atoms with E-state index in [0.29, 0.717) is 11.8 Å². The summed E-state index contributed by atoms with van der Waals surface area (Å²) in [5.74, 6) is -0.156. The highest BCUT2D eigenvalue weighted by Crippen LogP contribution is 2.64. The summed E-state index contributed by atoms with van der Waals surface area (Å²) in [6.07, 6.45) is 5.99. The predicted molar refractivity (Wildman–Crippen MR) is 94.8 cm³/mol. The van der Waals surface area contributed by atoms with Crippen molar-refractivity contribution in [1.82, 2.24) is 0 Å². The summed E-state index contributed by atoms with van der Waals surface area (Å²) in [7, 11) is 0. The molecule has 4 bridgehead atoms. The van der Waals surface area contributed by atoms with Gasteiger partial charge in [-0.25, -0.2) is 4.39 Å². The number of carbonyl (C=O) groups is 2. The third-order valence-corrected chi connectivity index (χ3v) is 6.83. The lowest BCUT2D eigenvalue weighted by Gasteiger charge is -2.58. The van der Waals surface area contributed by atoms with E-state index >= 15 is 0 Å². The molecule has 0 spiro atoms. The Kier molecular flexibility index (Phi) is 4.13. The van der Waals surface area contributed by atoms with Gasteiger partial charge in [0.05, 0.1) is 11.1 Å². The molecule has 4 fully saturated rings. The van der Waals surface area contributed by atoms with E-state index in [-0.39, 0.29) is 22.6 Å². The molecule has 0 aliphatic heterocycles. The van der Waals surface area contributed by atoms with Crippen LogP contribution in [0.15, 0.2) is 24.3 Å². The van der Waals surface area contributed by atoms with E-state index in [2.05, 4.69) is 21.2 Å². The van der Waals surface area contributed by atoms with Crippen LogP contribution < -0.4 is 5.32 Å². The Morgan fingerprint density at radius 3 is 2.52 bits per heavy atom. The fourth-order valence-electron chi connectivity index (χ4n) is 5.42. The number of esters is 1. The second-order valence-electron chi connectivity index (χ2n) is 8.00. The number of nitrogens with one attached hydrogen (secondary N) is 1. The third-order valence-electron chi connectivity index (χ3n) is 5.91. The number of hydrogen-bond donors (Lipinski definition) is 1. The Morgan fingerprint density at radius 2 is 1.88 bits per heavy atom. The minimum Gasteiger partial charge on any atom is -0.455 e. The standard InChI is InChI=1S/C19H21BrFNO3/c20-19-8-12-5-13(9-19)7-18(6-12,11-19)17(24)25-10-16(23)22-15-4-2-1-3-14(15)21/h1-4,12-13H,5-11H2,(H,22,23)/t12-,13+,18?,19?. The van der Waals surface area contributed by atoms with Crippen LogP contribution in [0.2, 0.25) is 0 Å². The summed E-state index contributed by atoms with van der Waals surface area (Å²) in [6.45, 7) is -0.375. The van der Waals surface area contributed by atoms with Gasteiger partial charge < -0.3 is 10.1 Å². The molecule has 6 heteroatoms. The highest BCUT2D eigenvalue weighted by molar-refractivity contribution is 9.10. The normalized spacial score (nSPS) is 35.4. The molecular formula is C19H21BrFNO3. The number of benzene rings is 1. The molecule has 2 unspecified atom stereocenters. The van der Waals surface area contributed by atoms with Gasteiger partial charge in [-0.3, -0.25) is 9.59 Å². The zero-order valence-corrected chi connectivity index (χ0v) is 15.5. The Labute approximate surface area is 154 Å². The van der Waals surface area contributed by atoms with Crippen molar-refractivity contribution in [3.8, 4) is 0 Å². The molecule has 0 radical (unpaired) electrons. The van der Waals surface area contributed by atoms with Crippen LogP contribution in [0.4, 0.5) is 10.1 Å². The minimum atomic E-state index is -0.517. The number of alkyl halides is 1. The Bertz CT molecular complexity index is 708. The fourth-order valence-corrected chi connectivity index (χ4v) is 6.88. The maximum absolute atomic E-state index is 13.6. The van der Waals surface area contributed by atoms with Crippen LogP contribution in [0.25, 0.3) is 0 Å². The zero-order chi connectivity index (χ0) is 17.7. The van der Waals surface area contributed by atoms with Gasteiger partial charge in [0.25, 0.3) is 5.91 Å². The molecule has 1 amide bonds. The number of para-hydroxylation sites is 1. The summed E-state index contributed by atoms with van der Waals surface area (Å²) in [6, 6.07) is 5.93. The van der Waals surface area contributed by atoms with Gasteiger partial charge in [0.2, 0.25) is 0 Å². The maximum Gasteiger partial charge on any atom is 0.312 e. The topological polar surface area (TPSA) is 55.4 Å². The summed E-state index contributed by atoms with van der Waals surface area (Å²) >= 11 is 3.86. The average molecular weight is 410 g/mol. The molecule has 4 atom stereocenters. The van der Waals surface area contributed by atoms with Crippen LogP contribution in [0.5, 0.6) is 0 Å². The monoisotopic (exact) mass is 409 g/mol. The van der Waals surface area contributed by atoms with E-state index < -0.39 is 17.1 Å². The summed E-state index contributed by atoms with van der Waals surface area (Å²) in [5.41, 5.74) is -0.357. The number of anilines is 1. The van der Waals surface area contributed by atoms with E-state index in [1.165, 1.54) is 18.6 Å². The number of rotatable bonds is 4. The van der Waals surface area contributed by atoms with Crippen LogP contribution in [0.3, 0.4) is 0 Å². The third kappa shape index (κ3) is 3.21. The number of carbonyl (C=O) groups excluding carboxylic acids is 2. The molecule has 1 N–H and O–H groups in total. The second-order valence-corrected chi connectivity index (χ2v) is 9.68. The first-order valence-corrected chi connectivity index (χ1v) is 9.57. The number of hydrogen-bond acceptors (Lipinski definition) is 3. The van der Waals surface area contributed by atoms with Crippen molar-refractivity contribution in [2.45, 2.75) is 42.8 Å². The lowest BCUT2D eigenvalue weighted by atomic mass is 9.49. The highest BCUT2D eigenvalue weighted by Gasteiger charge is 2.60. The SMILES string of the molecule is O=C(COC(=O)C12C[C@@H]3C[C@@H](CC(Br)(C3)C1)C2)Nc1ccccc1F. The van der Waals surface area contributed by atoms with Crippen molar-refractivity contribution in [1.29, 1.82) is 0 Å². The van der Waals surface area contributed by atoms with Gasteiger partial charge in [0.1, 0.15) is 5.82 Å². The van der Waals surface area contributed by atoms with Gasteiger partial charge in [0.15, 0.2) is 6.61 Å². The summed E-state index contributed by atoms with van der Waals surface area (Å²) in [4.78, 5) is 24.8. The predicted octanol–water partition coefficient (Wildman–Crippen LogP) is 4.04. The van der Waals surface area contributed by atoms with Gasteiger partial charge in [-0.2, -0.15) is 0 Å². The van der Waals surface area contributed by atoms with Crippen LogP contribution in [-0.2, 0) is 14.3 Å². The Hall–Kier alpha value is -1.43. The highest BCUT2D eigenvalue weighted by atomic mass is 79.9. The first-order valence-electron chi connectivity index (χ1n) is 8.78. The molecule has 4 aliphatic carbocycles. The van der Waals surface area contributed by atoms with E-state index in [0.717, 1.165) is 32.1 Å². The van der Waals surface area contributed by atoms with Gasteiger partial charge in [-0.1, -0.05) is 28.1 Å². The smallest absolute Gasteiger partial charge is 0.312 e. The quantitative estimate of drug-likeness (QED) is 0.602. The van der Waals surface area contributed by atoms with Crippen molar-refractivity contribution < 1.29 is 18.7 Å². The van der Waals surface area contributed by atoms with E-state index in [4.69, 9.17) is 4.74 Å². The van der Waals surface area contributed by atoms with E-state index in [1.807, 2.05) is 0 Å². The summed E-state index contributed by atoms with van der Waals surface area (Å²) < 4.78 is 19.0. The largest absolute Gasteiger partial charge is 0.455 e. The molecular weight excluding hydrogens is 389 g/mol.